The first-order valence-electron chi connectivity index (χ1n) is 43.5. The van der Waals surface area contributed by atoms with E-state index in [0.29, 0.717) is 339 Å². The van der Waals surface area contributed by atoms with Gasteiger partial charge in [-0.2, -0.15) is 0 Å². The van der Waals surface area contributed by atoms with Crippen LogP contribution < -0.4 is 33.6 Å². The number of phosphoric ester groups is 2. The molecule has 0 fully saturated rings. The van der Waals surface area contributed by atoms with Crippen LogP contribution in [0.3, 0.4) is 0 Å². The van der Waals surface area contributed by atoms with E-state index in [1.54, 1.807) is 9.36 Å². The molecule has 2 aromatic heterocycles. The summed E-state index contributed by atoms with van der Waals surface area (Å²) in [7, 11) is 0.880. The molecule has 44 nitrogen and oxygen atoms in total. The van der Waals surface area contributed by atoms with E-state index in [9.17, 15) is 28.3 Å². The number of ether oxygens (including phenoxy) is 20. The standard InChI is InChI=1S/2C32H61N5O12S2.2C7H18NO4P.4CH4/c2*1-29-27-37(36-35-29)5-7-41-9-11-43-13-15-45-17-19-47-21-23-49-25-24-48-22-20-46-18-16-44-14-12-42-10-8-40-6-4-34-32(39)3-26-50-51-28-31(33)30(2)38;2*1-11-13(9,10)12-7-5-3-2-4-6-8;;;;/h2*27,31H,3-26,28,33H2,1-2H3,(H,34,39);2*2-8H2,1H3,(H,9,10);4*1H4/t2*31-;;;;;;/m00....../s1. The molecule has 0 aliphatic rings. The number of aromatic nitrogens is 6. The van der Waals surface area contributed by atoms with Crippen LogP contribution in [0.25, 0.3) is 0 Å². The summed E-state index contributed by atoms with van der Waals surface area (Å²) in [5, 5.41) is 21.4. The highest BCUT2D eigenvalue weighted by Crippen LogP contribution is 2.42. The normalized spacial score (nSPS) is 12.4. The van der Waals surface area contributed by atoms with Crippen LogP contribution in [0.1, 0.15) is 119 Å². The van der Waals surface area contributed by atoms with Crippen molar-refractivity contribution in [3.63, 3.8) is 0 Å². The lowest BCUT2D eigenvalue weighted by atomic mass is 10.2. The van der Waals surface area contributed by atoms with Gasteiger partial charge in [0, 0.05) is 75.6 Å². The predicted octanol–water partition coefficient (Wildman–Crippen LogP) is 6.20. The number of nitrogens with two attached hydrogens (primary N) is 4. The first kappa shape index (κ1) is 140. The lowest BCUT2D eigenvalue weighted by Gasteiger charge is -2.09. The molecule has 0 saturated carbocycles. The van der Waals surface area contributed by atoms with Gasteiger partial charge in [-0.15, -0.1) is 10.2 Å². The maximum absolute atomic E-state index is 11.8. The number of nitrogens with zero attached hydrogens (tertiary/aromatic N) is 6. The molecule has 132 heavy (non-hydrogen) atoms. The maximum atomic E-state index is 11.8. The Balaban J connectivity index is -0.000000460. The zero-order chi connectivity index (χ0) is 94.1. The van der Waals surface area contributed by atoms with E-state index >= 15 is 0 Å². The summed E-state index contributed by atoms with van der Waals surface area (Å²) >= 11 is 0. The molecule has 4 atom stereocenters. The molecule has 2 unspecified atom stereocenters. The second-order valence-corrected chi connectivity index (χ2v) is 35.1. The van der Waals surface area contributed by atoms with Gasteiger partial charge in [0.1, 0.15) is 11.6 Å². The number of phosphoric acid groups is 2. The number of ketones is 2. The molecule has 0 spiro atoms. The van der Waals surface area contributed by atoms with Gasteiger partial charge in [0.15, 0.2) is 0 Å². The summed E-state index contributed by atoms with van der Waals surface area (Å²) in [5.74, 6) is 2.31. The molecule has 788 valence electrons. The zero-order valence-electron chi connectivity index (χ0n) is 76.8. The van der Waals surface area contributed by atoms with Crippen molar-refractivity contribution in [2.45, 2.75) is 147 Å². The summed E-state index contributed by atoms with van der Waals surface area (Å²) < 4.78 is 152. The number of unbranched alkanes of at least 4 members (excludes halogenated alkanes) is 6. The third-order valence-corrected chi connectivity index (χ3v) is 22.6. The van der Waals surface area contributed by atoms with Gasteiger partial charge in [-0.25, -0.2) is 18.5 Å². The molecule has 0 aromatic carbocycles. The number of rotatable bonds is 96. The van der Waals surface area contributed by atoms with E-state index in [0.717, 1.165) is 77.0 Å². The minimum absolute atomic E-state index is 0. The highest BCUT2D eigenvalue weighted by atomic mass is 33.1. The molecule has 2 aromatic rings. The smallest absolute Gasteiger partial charge is 0.377 e. The number of hydrogen-bond donors (Lipinski definition) is 8. The number of hydrogen-bond acceptors (Lipinski definition) is 42. The summed E-state index contributed by atoms with van der Waals surface area (Å²) in [6.45, 7) is 30.5. The lowest BCUT2D eigenvalue weighted by molar-refractivity contribution is -0.121. The maximum Gasteiger partial charge on any atom is 0.471 e. The number of nitrogens with one attached hydrogen (secondary N) is 2. The molecule has 2 rings (SSSR count). The van der Waals surface area contributed by atoms with E-state index in [-0.39, 0.29) is 66.3 Å². The lowest BCUT2D eigenvalue weighted by Crippen LogP contribution is -2.30. The first-order chi connectivity index (χ1) is 62.2. The van der Waals surface area contributed by atoms with Crippen LogP contribution in [0.15, 0.2) is 12.4 Å². The number of aryl methyl sites for hydroxylation is 2. The average Bonchev–Trinajstić information content (AvgIpc) is 1.11. The third-order valence-electron chi connectivity index (χ3n) is 15.8. The number of Topliss-reactive ketones (excluding diaryl/α,β-unsaturated/α-hetero) is 2. The fraction of sp³-hybridized carbons (Fsp3) is 0.902. The van der Waals surface area contributed by atoms with Crippen LogP contribution in [0.4, 0.5) is 0 Å². The Morgan fingerprint density at radius 2 is 0.561 bits per heavy atom. The molecule has 0 aliphatic carbocycles. The largest absolute Gasteiger partial charge is 0.471 e. The number of carbonyl (C=O) groups excluding carboxylic acids is 4. The fourth-order valence-electron chi connectivity index (χ4n) is 8.72. The van der Waals surface area contributed by atoms with Gasteiger partial charge in [-0.1, -0.05) is 109 Å². The Kier molecular flexibility index (Phi) is 117. The van der Waals surface area contributed by atoms with Crippen molar-refractivity contribution in [1.29, 1.82) is 0 Å². The van der Waals surface area contributed by atoms with Crippen LogP contribution in [-0.2, 0) is 154 Å². The zero-order valence-corrected chi connectivity index (χ0v) is 81.9. The van der Waals surface area contributed by atoms with E-state index in [2.05, 4.69) is 49.4 Å². The monoisotopic (exact) mass is 2030 g/mol. The molecule has 50 heteroatoms. The molecular formula is C82H174N12O32P2S4. The SMILES string of the molecule is C.C.C.C.CC(=O)[C@@H](N)CSSCCC(=O)NCCOCCOCCOCCOCCOCCOCCOCCOCCOCCOCCn1cc(C)nn1.CC(=O)[C@@H](N)CSSCCC(=O)NCCOCCOCCOCCOCCOCCOCCOCCOCCOCCOCCn1cc(C)nn1.COP(=O)(O)OCCCCCCN.COP(=O)(O)OCCCCCCN. The van der Waals surface area contributed by atoms with Gasteiger partial charge >= 0.3 is 15.6 Å². The van der Waals surface area contributed by atoms with E-state index < -0.39 is 27.7 Å². The van der Waals surface area contributed by atoms with Gasteiger partial charge in [0.05, 0.1) is 314 Å². The van der Waals surface area contributed by atoms with Crippen LogP contribution >= 0.6 is 58.8 Å². The van der Waals surface area contributed by atoms with Crippen LogP contribution in [0.2, 0.25) is 0 Å². The molecule has 0 aliphatic heterocycles. The molecule has 2 heterocycles. The summed E-state index contributed by atoms with van der Waals surface area (Å²) in [4.78, 5) is 63.4. The molecular weight excluding hydrogens is 1860 g/mol. The van der Waals surface area contributed by atoms with E-state index in [1.807, 2.05) is 26.2 Å². The van der Waals surface area contributed by atoms with Crippen LogP contribution in [0, 0.1) is 13.8 Å². The van der Waals surface area contributed by atoms with E-state index in [4.69, 9.17) is 127 Å². The first-order valence-corrected chi connectivity index (χ1v) is 51.5. The third kappa shape index (κ3) is 111. The highest BCUT2D eigenvalue weighted by molar-refractivity contribution is 8.77. The van der Waals surface area contributed by atoms with Gasteiger partial charge in [-0.05, 0) is 66.5 Å². The van der Waals surface area contributed by atoms with Gasteiger partial charge in [0.2, 0.25) is 11.8 Å². The summed E-state index contributed by atoms with van der Waals surface area (Å²) in [5.41, 5.74) is 23.7. The van der Waals surface area contributed by atoms with Gasteiger partial charge in [-0.3, -0.25) is 37.3 Å². The van der Waals surface area contributed by atoms with Crippen molar-refractivity contribution in [3.05, 3.63) is 23.8 Å². The van der Waals surface area contributed by atoms with E-state index in [1.165, 1.54) is 57.0 Å². The van der Waals surface area contributed by atoms with Crippen LogP contribution in [-0.4, -0.2) is 416 Å². The molecule has 0 bridgehead atoms. The minimum Gasteiger partial charge on any atom is -0.377 e. The van der Waals surface area contributed by atoms with Crippen molar-refractivity contribution in [3.8, 4) is 0 Å². The Labute approximate surface area is 803 Å². The van der Waals surface area contributed by atoms with Gasteiger partial charge < -0.3 is 138 Å². The predicted molar refractivity (Wildman–Crippen MR) is 516 cm³/mol. The molecule has 2 amide bonds. The van der Waals surface area contributed by atoms with Crippen molar-refractivity contribution >= 4 is 82.2 Å². The van der Waals surface area contributed by atoms with Gasteiger partial charge in [0.25, 0.3) is 0 Å². The molecule has 12 N–H and O–H groups in total. The molecule has 0 saturated heterocycles. The Morgan fingerprint density at radius 3 is 0.758 bits per heavy atom. The summed E-state index contributed by atoms with van der Waals surface area (Å²) in [6.07, 6.45) is 12.0. The van der Waals surface area contributed by atoms with Crippen molar-refractivity contribution in [2.24, 2.45) is 22.9 Å². The minimum atomic E-state index is -3.75. The second-order valence-electron chi connectivity index (χ2n) is 26.7. The molecule has 0 radical (unpaired) electrons. The Bertz CT molecular complexity index is 2660. The quantitative estimate of drug-likeness (QED) is 0.0208. The van der Waals surface area contributed by atoms with Crippen molar-refractivity contribution < 1.29 is 151 Å². The number of carbonyl (C=O) groups is 4. The second kappa shape index (κ2) is 110. The summed E-state index contributed by atoms with van der Waals surface area (Å²) in [6, 6.07) is -0.890. The Morgan fingerprint density at radius 1 is 0.348 bits per heavy atom. The highest BCUT2D eigenvalue weighted by Gasteiger charge is 2.19. The Hall–Kier alpha value is -2.78. The topological polar surface area (TPSA) is 554 Å². The van der Waals surface area contributed by atoms with Crippen molar-refractivity contribution in [1.82, 2.24) is 40.6 Å². The van der Waals surface area contributed by atoms with Crippen LogP contribution in [0.5, 0.6) is 0 Å². The van der Waals surface area contributed by atoms with Crippen molar-refractivity contribution in [2.75, 3.05) is 341 Å². The average molecular weight is 2030 g/mol. The fourth-order valence-corrected chi connectivity index (χ4v) is 14.0. The number of amides is 2.